The highest BCUT2D eigenvalue weighted by Crippen LogP contribution is 2.42. The van der Waals surface area contributed by atoms with Gasteiger partial charge in [0.2, 0.25) is 0 Å². The number of methoxy groups -OCH3 is 1. The van der Waals surface area contributed by atoms with Gasteiger partial charge in [-0.2, -0.15) is 0 Å². The molecule has 0 aromatic heterocycles. The fourth-order valence-corrected chi connectivity index (χ4v) is 3.59. The summed E-state index contributed by atoms with van der Waals surface area (Å²) in [5, 5.41) is 11.0. The van der Waals surface area contributed by atoms with E-state index in [9.17, 15) is 14.7 Å². The van der Waals surface area contributed by atoms with Gasteiger partial charge in [-0.3, -0.25) is 9.59 Å². The maximum atomic E-state index is 13.3. The van der Waals surface area contributed by atoms with Crippen molar-refractivity contribution >= 4 is 11.6 Å². The molecule has 31 heavy (non-hydrogen) atoms. The molecule has 4 nitrogen and oxygen atoms in total. The molecule has 0 unspecified atom stereocenters. The molecule has 152 valence electrons. The van der Waals surface area contributed by atoms with Gasteiger partial charge in [0.15, 0.2) is 23.1 Å². The predicted molar refractivity (Wildman–Crippen MR) is 120 cm³/mol. The standard InChI is InChI=1S/C27H20O4/c1-31-23-17-16-22(26(29)19-12-6-3-7-13-19)24(27(23)30)20-14-8-9-15-21(20)25(28)18-10-4-2-5-11-18/h2-17,30H,1H3. The van der Waals surface area contributed by atoms with Crippen LogP contribution >= 0.6 is 0 Å². The van der Waals surface area contributed by atoms with Crippen LogP contribution in [0.1, 0.15) is 31.8 Å². The minimum atomic E-state index is -0.254. The third-order valence-corrected chi connectivity index (χ3v) is 5.12. The van der Waals surface area contributed by atoms with Crippen LogP contribution in [0.15, 0.2) is 97.1 Å². The van der Waals surface area contributed by atoms with E-state index >= 15 is 0 Å². The topological polar surface area (TPSA) is 63.6 Å². The van der Waals surface area contributed by atoms with Crippen molar-refractivity contribution in [2.75, 3.05) is 7.11 Å². The number of hydrogen-bond donors (Lipinski definition) is 1. The number of ether oxygens (including phenoxy) is 1. The Bertz CT molecular complexity index is 1240. The molecule has 4 aromatic rings. The molecule has 0 saturated heterocycles. The lowest BCUT2D eigenvalue weighted by Crippen LogP contribution is -2.08. The molecule has 0 saturated carbocycles. The number of carbonyl (C=O) groups excluding carboxylic acids is 2. The van der Waals surface area contributed by atoms with Crippen molar-refractivity contribution < 1.29 is 19.4 Å². The second-order valence-electron chi connectivity index (χ2n) is 6.97. The normalized spacial score (nSPS) is 10.5. The van der Waals surface area contributed by atoms with E-state index in [0.717, 1.165) is 0 Å². The maximum Gasteiger partial charge on any atom is 0.193 e. The Kier molecular flexibility index (Phi) is 5.63. The molecule has 0 spiro atoms. The van der Waals surface area contributed by atoms with Gasteiger partial charge in [0.05, 0.1) is 7.11 Å². The summed E-state index contributed by atoms with van der Waals surface area (Å²) in [4.78, 5) is 26.6. The first-order valence-corrected chi connectivity index (χ1v) is 9.80. The van der Waals surface area contributed by atoms with Crippen LogP contribution in [0.5, 0.6) is 11.5 Å². The Hall–Kier alpha value is -4.18. The van der Waals surface area contributed by atoms with Crippen LogP contribution in [0.2, 0.25) is 0 Å². The van der Waals surface area contributed by atoms with Crippen LogP contribution in [-0.2, 0) is 0 Å². The third kappa shape index (κ3) is 3.83. The van der Waals surface area contributed by atoms with E-state index in [1.807, 2.05) is 12.1 Å². The lowest BCUT2D eigenvalue weighted by molar-refractivity contribution is 0.102. The number of phenols is 1. The molecule has 0 radical (unpaired) electrons. The number of benzene rings is 4. The van der Waals surface area contributed by atoms with E-state index in [1.165, 1.54) is 7.11 Å². The van der Waals surface area contributed by atoms with Gasteiger partial charge in [-0.05, 0) is 17.7 Å². The third-order valence-electron chi connectivity index (χ3n) is 5.12. The van der Waals surface area contributed by atoms with Crippen LogP contribution < -0.4 is 4.74 Å². The van der Waals surface area contributed by atoms with E-state index in [0.29, 0.717) is 22.3 Å². The summed E-state index contributed by atoms with van der Waals surface area (Å²) in [6.45, 7) is 0. The number of carbonyl (C=O) groups is 2. The molecule has 0 heterocycles. The molecule has 0 bridgehead atoms. The zero-order chi connectivity index (χ0) is 21.8. The Morgan fingerprint density at radius 2 is 1.16 bits per heavy atom. The zero-order valence-electron chi connectivity index (χ0n) is 16.9. The highest BCUT2D eigenvalue weighted by molar-refractivity contribution is 6.17. The molecule has 4 heteroatoms. The highest BCUT2D eigenvalue weighted by atomic mass is 16.5. The summed E-state index contributed by atoms with van der Waals surface area (Å²) in [6.07, 6.45) is 0. The van der Waals surface area contributed by atoms with E-state index in [2.05, 4.69) is 0 Å². The van der Waals surface area contributed by atoms with Crippen molar-refractivity contribution in [3.05, 3.63) is 119 Å². The summed E-state index contributed by atoms with van der Waals surface area (Å²) in [6, 6.07) is 27.9. The van der Waals surface area contributed by atoms with Gasteiger partial charge in [-0.1, -0.05) is 84.9 Å². The molecule has 0 aliphatic rings. The largest absolute Gasteiger partial charge is 0.504 e. The Morgan fingerprint density at radius 1 is 0.645 bits per heavy atom. The van der Waals surface area contributed by atoms with Crippen molar-refractivity contribution in [3.63, 3.8) is 0 Å². The molecule has 0 amide bonds. The molecular weight excluding hydrogens is 388 g/mol. The number of rotatable bonds is 6. The average molecular weight is 408 g/mol. The van der Waals surface area contributed by atoms with Crippen LogP contribution in [0.25, 0.3) is 11.1 Å². The molecule has 4 aromatic carbocycles. The minimum absolute atomic E-state index is 0.183. The zero-order valence-corrected chi connectivity index (χ0v) is 16.9. The molecule has 0 aliphatic heterocycles. The lowest BCUT2D eigenvalue weighted by Gasteiger charge is -2.17. The van der Waals surface area contributed by atoms with E-state index in [1.54, 1.807) is 84.9 Å². The molecule has 0 fully saturated rings. The number of ketones is 2. The van der Waals surface area contributed by atoms with Gasteiger partial charge in [0, 0.05) is 27.8 Å². The van der Waals surface area contributed by atoms with Crippen molar-refractivity contribution in [2.45, 2.75) is 0 Å². The van der Waals surface area contributed by atoms with Crippen LogP contribution in [-0.4, -0.2) is 23.8 Å². The van der Waals surface area contributed by atoms with Gasteiger partial charge in [-0.25, -0.2) is 0 Å². The smallest absolute Gasteiger partial charge is 0.193 e. The molecule has 0 aliphatic carbocycles. The monoisotopic (exact) mass is 408 g/mol. The van der Waals surface area contributed by atoms with Gasteiger partial charge in [0.1, 0.15) is 0 Å². The average Bonchev–Trinajstić information content (AvgIpc) is 2.84. The fraction of sp³-hybridized carbons (Fsp3) is 0.0370. The first-order valence-electron chi connectivity index (χ1n) is 9.80. The maximum absolute atomic E-state index is 13.3. The second kappa shape index (κ2) is 8.67. The number of hydrogen-bond acceptors (Lipinski definition) is 4. The molecule has 0 atom stereocenters. The Balaban J connectivity index is 1.95. The van der Waals surface area contributed by atoms with Crippen molar-refractivity contribution in [1.29, 1.82) is 0 Å². The molecule has 4 rings (SSSR count). The first-order chi connectivity index (χ1) is 15.1. The summed E-state index contributed by atoms with van der Waals surface area (Å²) < 4.78 is 5.29. The van der Waals surface area contributed by atoms with Crippen LogP contribution in [0.3, 0.4) is 0 Å². The second-order valence-corrected chi connectivity index (χ2v) is 6.97. The van der Waals surface area contributed by atoms with Gasteiger partial charge >= 0.3 is 0 Å². The van der Waals surface area contributed by atoms with E-state index < -0.39 is 0 Å². The number of phenolic OH excluding ortho intramolecular Hbond substituents is 1. The quantitative estimate of drug-likeness (QED) is 0.426. The van der Waals surface area contributed by atoms with Crippen molar-refractivity contribution in [2.24, 2.45) is 0 Å². The van der Waals surface area contributed by atoms with Crippen molar-refractivity contribution in [3.8, 4) is 22.6 Å². The Labute approximate surface area is 180 Å². The van der Waals surface area contributed by atoms with Gasteiger partial charge < -0.3 is 9.84 Å². The van der Waals surface area contributed by atoms with Crippen LogP contribution in [0.4, 0.5) is 0 Å². The summed E-state index contributed by atoms with van der Waals surface area (Å²) in [7, 11) is 1.44. The number of aromatic hydroxyl groups is 1. The molecular formula is C27H20O4. The predicted octanol–water partition coefficient (Wildman–Crippen LogP) is 5.53. The van der Waals surface area contributed by atoms with Crippen molar-refractivity contribution in [1.82, 2.24) is 0 Å². The van der Waals surface area contributed by atoms with E-state index in [-0.39, 0.29) is 34.2 Å². The lowest BCUT2D eigenvalue weighted by atomic mass is 9.88. The van der Waals surface area contributed by atoms with Gasteiger partial charge in [0.25, 0.3) is 0 Å². The summed E-state index contributed by atoms with van der Waals surface area (Å²) >= 11 is 0. The Morgan fingerprint density at radius 3 is 1.74 bits per heavy atom. The minimum Gasteiger partial charge on any atom is -0.504 e. The summed E-state index contributed by atoms with van der Waals surface area (Å²) in [5.41, 5.74) is 2.42. The van der Waals surface area contributed by atoms with Gasteiger partial charge in [-0.15, -0.1) is 0 Å². The molecule has 1 N–H and O–H groups in total. The first kappa shape index (κ1) is 20.1. The summed E-state index contributed by atoms with van der Waals surface area (Å²) in [5.74, 6) is -0.411. The fourth-order valence-electron chi connectivity index (χ4n) is 3.59. The highest BCUT2D eigenvalue weighted by Gasteiger charge is 2.24. The SMILES string of the molecule is COc1ccc(C(=O)c2ccccc2)c(-c2ccccc2C(=O)c2ccccc2)c1O. The van der Waals surface area contributed by atoms with Crippen LogP contribution in [0, 0.1) is 0 Å². The van der Waals surface area contributed by atoms with E-state index in [4.69, 9.17) is 4.74 Å².